The number of benzene rings is 1. The Balaban J connectivity index is 1.63. The molecule has 0 aliphatic heterocycles. The topological polar surface area (TPSA) is 42.7 Å². The van der Waals surface area contributed by atoms with Gasteiger partial charge in [0.05, 0.1) is 18.4 Å². The summed E-state index contributed by atoms with van der Waals surface area (Å²) in [6.45, 7) is 1.16. The Morgan fingerprint density at radius 3 is 2.94 bits per heavy atom. The summed E-state index contributed by atoms with van der Waals surface area (Å²) >= 11 is 0. The van der Waals surface area contributed by atoms with Gasteiger partial charge in [0.25, 0.3) is 0 Å². The molecule has 1 N–H and O–H groups in total. The number of hydrogen-bond acceptors (Lipinski definition) is 3. The smallest absolute Gasteiger partial charge is 0.128 e. The summed E-state index contributed by atoms with van der Waals surface area (Å²) in [7, 11) is 0. The van der Waals surface area contributed by atoms with Gasteiger partial charge >= 0.3 is 0 Å². The van der Waals surface area contributed by atoms with Crippen molar-refractivity contribution in [3.63, 3.8) is 0 Å². The third kappa shape index (κ3) is 2.73. The highest BCUT2D eigenvalue weighted by Crippen LogP contribution is 2.18. The Hall–Kier alpha value is -1.75. The third-order valence-electron chi connectivity index (χ3n) is 3.03. The van der Waals surface area contributed by atoms with Gasteiger partial charge in [0.2, 0.25) is 0 Å². The van der Waals surface area contributed by atoms with Crippen molar-refractivity contribution in [1.29, 1.82) is 0 Å². The van der Waals surface area contributed by atoms with Crippen molar-refractivity contribution in [2.24, 2.45) is 0 Å². The predicted molar refractivity (Wildman–Crippen MR) is 65.4 cm³/mol. The van der Waals surface area contributed by atoms with Gasteiger partial charge in [-0.2, -0.15) is 0 Å². The number of rotatable bonds is 5. The van der Waals surface area contributed by atoms with E-state index in [-0.39, 0.29) is 5.82 Å². The van der Waals surface area contributed by atoms with Crippen LogP contribution in [-0.2, 0) is 13.1 Å². The zero-order chi connectivity index (χ0) is 12.4. The molecule has 0 amide bonds. The maximum Gasteiger partial charge on any atom is 0.128 e. The van der Waals surface area contributed by atoms with Crippen molar-refractivity contribution >= 4 is 0 Å². The second kappa shape index (κ2) is 4.86. The van der Waals surface area contributed by atoms with Crippen molar-refractivity contribution in [3.8, 4) is 0 Å². The molecule has 0 unspecified atom stereocenters. The summed E-state index contributed by atoms with van der Waals surface area (Å²) in [4.78, 5) is 0. The number of nitrogens with one attached hydrogen (secondary N) is 1. The van der Waals surface area contributed by atoms with E-state index in [9.17, 15) is 4.39 Å². The molecule has 1 saturated carbocycles. The van der Waals surface area contributed by atoms with E-state index in [4.69, 9.17) is 0 Å². The van der Waals surface area contributed by atoms with Crippen molar-refractivity contribution in [2.45, 2.75) is 32.0 Å². The van der Waals surface area contributed by atoms with E-state index in [1.165, 1.54) is 18.9 Å². The van der Waals surface area contributed by atoms with Crippen molar-refractivity contribution in [3.05, 3.63) is 47.5 Å². The van der Waals surface area contributed by atoms with Gasteiger partial charge in [-0.25, -0.2) is 9.07 Å². The maximum absolute atomic E-state index is 13.5. The van der Waals surface area contributed by atoms with Crippen LogP contribution in [-0.4, -0.2) is 21.0 Å². The molecule has 3 rings (SSSR count). The molecular weight excluding hydrogens is 231 g/mol. The zero-order valence-electron chi connectivity index (χ0n) is 10.0. The molecule has 1 fully saturated rings. The summed E-state index contributed by atoms with van der Waals surface area (Å²) in [5, 5.41) is 11.5. The molecular formula is C13H15FN4. The molecule has 0 saturated heterocycles. The molecule has 1 aromatic heterocycles. The van der Waals surface area contributed by atoms with Crippen LogP contribution < -0.4 is 5.32 Å². The van der Waals surface area contributed by atoms with E-state index < -0.39 is 0 Å². The van der Waals surface area contributed by atoms with E-state index in [1.54, 1.807) is 16.8 Å². The fourth-order valence-electron chi connectivity index (χ4n) is 1.83. The molecule has 1 aliphatic rings. The van der Waals surface area contributed by atoms with Gasteiger partial charge in [0.15, 0.2) is 0 Å². The van der Waals surface area contributed by atoms with Gasteiger partial charge in [-0.15, -0.1) is 5.10 Å². The average Bonchev–Trinajstić information content (AvgIpc) is 3.10. The SMILES string of the molecule is Fc1ccccc1Cn1cc(CNC2CC2)nn1. The van der Waals surface area contributed by atoms with Crippen LogP contribution in [0, 0.1) is 5.82 Å². The molecule has 5 heteroatoms. The summed E-state index contributed by atoms with van der Waals surface area (Å²) in [6.07, 6.45) is 4.37. The van der Waals surface area contributed by atoms with Gasteiger partial charge in [0.1, 0.15) is 5.82 Å². The lowest BCUT2D eigenvalue weighted by Gasteiger charge is -2.01. The van der Waals surface area contributed by atoms with Gasteiger partial charge in [-0.1, -0.05) is 23.4 Å². The highest BCUT2D eigenvalue weighted by molar-refractivity contribution is 5.17. The first-order chi connectivity index (χ1) is 8.81. The molecule has 18 heavy (non-hydrogen) atoms. The Kier molecular flexibility index (Phi) is 3.06. The first-order valence-corrected chi connectivity index (χ1v) is 6.17. The minimum atomic E-state index is -0.203. The van der Waals surface area contributed by atoms with Crippen LogP contribution in [0.1, 0.15) is 24.1 Å². The second-order valence-electron chi connectivity index (χ2n) is 4.65. The monoisotopic (exact) mass is 246 g/mol. The van der Waals surface area contributed by atoms with Crippen molar-refractivity contribution in [2.75, 3.05) is 0 Å². The summed E-state index contributed by atoms with van der Waals surface area (Å²) in [6, 6.07) is 7.39. The molecule has 0 atom stereocenters. The fourth-order valence-corrected chi connectivity index (χ4v) is 1.83. The van der Waals surface area contributed by atoms with Gasteiger partial charge in [-0.3, -0.25) is 0 Å². The van der Waals surface area contributed by atoms with Crippen molar-refractivity contribution in [1.82, 2.24) is 20.3 Å². The van der Waals surface area contributed by atoms with E-state index in [0.717, 1.165) is 12.2 Å². The van der Waals surface area contributed by atoms with Crippen LogP contribution in [0.15, 0.2) is 30.5 Å². The number of halogens is 1. The Morgan fingerprint density at radius 2 is 2.17 bits per heavy atom. The Labute approximate surface area is 105 Å². The lowest BCUT2D eigenvalue weighted by molar-refractivity contribution is 0.577. The molecule has 4 nitrogen and oxygen atoms in total. The normalized spacial score (nSPS) is 14.9. The maximum atomic E-state index is 13.5. The van der Waals surface area contributed by atoms with E-state index in [2.05, 4.69) is 15.6 Å². The standard InChI is InChI=1S/C13H15FN4/c14-13-4-2-1-3-10(13)8-18-9-12(16-17-18)7-15-11-5-6-11/h1-4,9,11,15H,5-8H2. The minimum Gasteiger partial charge on any atom is -0.308 e. The highest BCUT2D eigenvalue weighted by Gasteiger charge is 2.20. The van der Waals surface area contributed by atoms with Crippen LogP contribution >= 0.6 is 0 Å². The average molecular weight is 246 g/mol. The predicted octanol–water partition coefficient (Wildman–Crippen LogP) is 1.72. The fraction of sp³-hybridized carbons (Fsp3) is 0.385. The molecule has 0 radical (unpaired) electrons. The zero-order valence-corrected chi connectivity index (χ0v) is 10.0. The lowest BCUT2D eigenvalue weighted by atomic mass is 10.2. The van der Waals surface area contributed by atoms with E-state index in [0.29, 0.717) is 18.2 Å². The lowest BCUT2D eigenvalue weighted by Crippen LogP contribution is -2.15. The van der Waals surface area contributed by atoms with Crippen LogP contribution in [0.25, 0.3) is 0 Å². The van der Waals surface area contributed by atoms with Gasteiger partial charge < -0.3 is 5.32 Å². The highest BCUT2D eigenvalue weighted by atomic mass is 19.1. The first kappa shape index (κ1) is 11.3. The van der Waals surface area contributed by atoms with E-state index >= 15 is 0 Å². The molecule has 2 aromatic rings. The molecule has 94 valence electrons. The second-order valence-corrected chi connectivity index (χ2v) is 4.65. The van der Waals surface area contributed by atoms with E-state index in [1.807, 2.05) is 12.3 Å². The van der Waals surface area contributed by atoms with Crippen LogP contribution in [0.5, 0.6) is 0 Å². The van der Waals surface area contributed by atoms with Crippen LogP contribution in [0.2, 0.25) is 0 Å². The molecule has 0 spiro atoms. The van der Waals surface area contributed by atoms with Crippen LogP contribution in [0.3, 0.4) is 0 Å². The van der Waals surface area contributed by atoms with Gasteiger partial charge in [0, 0.05) is 18.2 Å². The largest absolute Gasteiger partial charge is 0.308 e. The molecule has 1 aromatic carbocycles. The minimum absolute atomic E-state index is 0.203. The van der Waals surface area contributed by atoms with Crippen molar-refractivity contribution < 1.29 is 4.39 Å². The summed E-state index contributed by atoms with van der Waals surface area (Å²) < 4.78 is 15.1. The number of aromatic nitrogens is 3. The van der Waals surface area contributed by atoms with Gasteiger partial charge in [-0.05, 0) is 18.9 Å². The molecule has 1 aliphatic carbocycles. The quantitative estimate of drug-likeness (QED) is 0.873. The Morgan fingerprint density at radius 1 is 1.33 bits per heavy atom. The molecule has 1 heterocycles. The first-order valence-electron chi connectivity index (χ1n) is 6.17. The summed E-state index contributed by atoms with van der Waals surface area (Å²) in [5.74, 6) is -0.203. The molecule has 0 bridgehead atoms. The van der Waals surface area contributed by atoms with Crippen LogP contribution in [0.4, 0.5) is 4.39 Å². The Bertz CT molecular complexity index is 533. The summed E-state index contributed by atoms with van der Waals surface area (Å²) in [5.41, 5.74) is 1.53. The number of nitrogens with zero attached hydrogens (tertiary/aromatic N) is 3. The number of hydrogen-bond donors (Lipinski definition) is 1. The third-order valence-corrected chi connectivity index (χ3v) is 3.03.